The summed E-state index contributed by atoms with van der Waals surface area (Å²) in [6.45, 7) is 4.04. The maximum absolute atomic E-state index is 9.22. The smallest absolute Gasteiger partial charge is 0.151 e. The van der Waals surface area contributed by atoms with Crippen molar-refractivity contribution in [1.29, 1.82) is 5.26 Å². The van der Waals surface area contributed by atoms with Gasteiger partial charge in [-0.25, -0.2) is 4.98 Å². The van der Waals surface area contributed by atoms with Crippen molar-refractivity contribution in [3.05, 3.63) is 46.5 Å². The van der Waals surface area contributed by atoms with E-state index in [1.54, 1.807) is 23.1 Å². The molecule has 1 atom stereocenters. The Morgan fingerprint density at radius 1 is 1.33 bits per heavy atom. The number of aromatic nitrogens is 1. The topological polar surface area (TPSA) is 36.7 Å². The highest BCUT2D eigenvalue weighted by Gasteiger charge is 2.12. The van der Waals surface area contributed by atoms with Crippen molar-refractivity contribution in [2.75, 3.05) is 0 Å². The first-order valence-electron chi connectivity index (χ1n) is 5.71. The molecule has 2 aromatic rings. The van der Waals surface area contributed by atoms with Crippen LogP contribution in [-0.4, -0.2) is 10.2 Å². The van der Waals surface area contributed by atoms with Gasteiger partial charge in [-0.05, 0) is 25.8 Å². The van der Waals surface area contributed by atoms with Gasteiger partial charge in [0, 0.05) is 11.1 Å². The lowest BCUT2D eigenvalue weighted by atomic mass is 10.1. The van der Waals surface area contributed by atoms with E-state index >= 15 is 0 Å². The van der Waals surface area contributed by atoms with Crippen LogP contribution in [0.2, 0.25) is 0 Å². The molecule has 0 unspecified atom stereocenters. The Bertz CT molecular complexity index is 552. The Hall–Kier alpha value is -1.31. The van der Waals surface area contributed by atoms with Crippen LogP contribution in [0.25, 0.3) is 0 Å². The molecule has 0 saturated heterocycles. The Morgan fingerprint density at radius 2 is 2.06 bits per heavy atom. The van der Waals surface area contributed by atoms with Gasteiger partial charge < -0.3 is 0 Å². The third-order valence-corrected chi connectivity index (χ3v) is 4.71. The van der Waals surface area contributed by atoms with Crippen LogP contribution in [0, 0.1) is 25.2 Å². The molecule has 0 aliphatic carbocycles. The molecule has 92 valence electrons. The molecule has 1 aromatic heterocycles. The SMILES string of the molecule is Cc1ccc(C[C@H](C#N)Sc2nc(C)cs2)cc1. The number of hydrogen-bond donors (Lipinski definition) is 0. The maximum atomic E-state index is 9.22. The van der Waals surface area contributed by atoms with E-state index in [1.807, 2.05) is 12.3 Å². The largest absolute Gasteiger partial charge is 0.235 e. The van der Waals surface area contributed by atoms with Crippen molar-refractivity contribution >= 4 is 23.1 Å². The summed E-state index contributed by atoms with van der Waals surface area (Å²) < 4.78 is 0.978. The van der Waals surface area contributed by atoms with Crippen LogP contribution < -0.4 is 0 Å². The quantitative estimate of drug-likeness (QED) is 0.791. The lowest BCUT2D eigenvalue weighted by molar-refractivity contribution is 1.02. The molecule has 2 rings (SSSR count). The van der Waals surface area contributed by atoms with Crippen LogP contribution in [0.1, 0.15) is 16.8 Å². The van der Waals surface area contributed by atoms with Gasteiger partial charge in [0.1, 0.15) is 5.25 Å². The van der Waals surface area contributed by atoms with Gasteiger partial charge >= 0.3 is 0 Å². The molecular formula is C14H14N2S2. The van der Waals surface area contributed by atoms with Gasteiger partial charge in [-0.3, -0.25) is 0 Å². The number of nitriles is 1. The Labute approximate surface area is 116 Å². The van der Waals surface area contributed by atoms with Crippen LogP contribution in [0.3, 0.4) is 0 Å². The Balaban J connectivity index is 2.02. The fourth-order valence-corrected chi connectivity index (χ4v) is 3.56. The summed E-state index contributed by atoms with van der Waals surface area (Å²) in [6, 6.07) is 10.7. The molecule has 0 radical (unpaired) electrons. The zero-order valence-electron chi connectivity index (χ0n) is 10.4. The Morgan fingerprint density at radius 3 is 2.61 bits per heavy atom. The van der Waals surface area contributed by atoms with Crippen LogP contribution in [-0.2, 0) is 6.42 Å². The van der Waals surface area contributed by atoms with Crippen LogP contribution >= 0.6 is 23.1 Å². The predicted molar refractivity (Wildman–Crippen MR) is 77.0 cm³/mol. The number of thiazole rings is 1. The first kappa shape index (κ1) is 13.1. The zero-order valence-corrected chi connectivity index (χ0v) is 12.0. The predicted octanol–water partition coefficient (Wildman–Crippen LogP) is 3.99. The van der Waals surface area contributed by atoms with E-state index in [0.717, 1.165) is 16.5 Å². The maximum Gasteiger partial charge on any atom is 0.151 e. The number of aryl methyl sites for hydroxylation is 2. The van der Waals surface area contributed by atoms with E-state index in [-0.39, 0.29) is 5.25 Å². The van der Waals surface area contributed by atoms with Crippen molar-refractivity contribution in [3.8, 4) is 6.07 Å². The van der Waals surface area contributed by atoms with Gasteiger partial charge in [0.2, 0.25) is 0 Å². The van der Waals surface area contributed by atoms with E-state index in [2.05, 4.69) is 42.2 Å². The number of thioether (sulfide) groups is 1. The third kappa shape index (κ3) is 3.59. The average Bonchev–Trinajstić information content (AvgIpc) is 2.77. The number of rotatable bonds is 4. The van der Waals surface area contributed by atoms with E-state index in [1.165, 1.54) is 11.1 Å². The van der Waals surface area contributed by atoms with E-state index in [0.29, 0.717) is 0 Å². The first-order chi connectivity index (χ1) is 8.67. The van der Waals surface area contributed by atoms with Gasteiger partial charge in [0.25, 0.3) is 0 Å². The molecule has 0 bridgehead atoms. The van der Waals surface area contributed by atoms with Crippen molar-refractivity contribution in [1.82, 2.24) is 4.98 Å². The summed E-state index contributed by atoms with van der Waals surface area (Å²) in [5.41, 5.74) is 3.47. The van der Waals surface area contributed by atoms with E-state index in [4.69, 9.17) is 0 Å². The monoisotopic (exact) mass is 274 g/mol. The molecule has 0 amide bonds. The van der Waals surface area contributed by atoms with Gasteiger partial charge in [0.05, 0.1) is 6.07 Å². The highest BCUT2D eigenvalue weighted by molar-refractivity contribution is 8.01. The molecule has 4 heteroatoms. The Kier molecular flexibility index (Phi) is 4.40. The number of hydrogen-bond acceptors (Lipinski definition) is 4. The molecule has 2 nitrogen and oxygen atoms in total. The second-order valence-corrected chi connectivity index (χ2v) is 6.49. The highest BCUT2D eigenvalue weighted by atomic mass is 32.2. The molecule has 0 saturated carbocycles. The lowest BCUT2D eigenvalue weighted by Crippen LogP contribution is -2.03. The summed E-state index contributed by atoms with van der Waals surface area (Å²) in [5.74, 6) is 0. The zero-order chi connectivity index (χ0) is 13.0. The molecule has 0 aliphatic heterocycles. The molecule has 0 aliphatic rings. The highest BCUT2D eigenvalue weighted by Crippen LogP contribution is 2.28. The van der Waals surface area contributed by atoms with Crippen molar-refractivity contribution in [2.24, 2.45) is 0 Å². The van der Waals surface area contributed by atoms with Crippen LogP contribution in [0.5, 0.6) is 0 Å². The second kappa shape index (κ2) is 6.03. The van der Waals surface area contributed by atoms with E-state index in [9.17, 15) is 5.26 Å². The van der Waals surface area contributed by atoms with Gasteiger partial charge in [-0.2, -0.15) is 5.26 Å². The standard InChI is InChI=1S/C14H14N2S2/c1-10-3-5-12(6-4-10)7-13(8-15)18-14-16-11(2)9-17-14/h3-6,9,13H,7H2,1-2H3/t13-/m1/s1. The molecule has 18 heavy (non-hydrogen) atoms. The first-order valence-corrected chi connectivity index (χ1v) is 7.47. The lowest BCUT2D eigenvalue weighted by Gasteiger charge is -2.07. The molecule has 0 spiro atoms. The third-order valence-electron chi connectivity index (χ3n) is 2.53. The average molecular weight is 274 g/mol. The fraction of sp³-hybridized carbons (Fsp3) is 0.286. The summed E-state index contributed by atoms with van der Waals surface area (Å²) in [7, 11) is 0. The molecule has 0 fully saturated rings. The van der Waals surface area contributed by atoms with Gasteiger partial charge in [0.15, 0.2) is 4.34 Å². The van der Waals surface area contributed by atoms with Crippen molar-refractivity contribution in [3.63, 3.8) is 0 Å². The summed E-state index contributed by atoms with van der Waals surface area (Å²) in [4.78, 5) is 4.38. The van der Waals surface area contributed by atoms with Gasteiger partial charge in [-0.1, -0.05) is 41.6 Å². The summed E-state index contributed by atoms with van der Waals surface area (Å²) in [5, 5.41) is 11.2. The molecular weight excluding hydrogens is 260 g/mol. The van der Waals surface area contributed by atoms with Gasteiger partial charge in [-0.15, -0.1) is 11.3 Å². The normalized spacial score (nSPS) is 12.1. The van der Waals surface area contributed by atoms with E-state index < -0.39 is 0 Å². The summed E-state index contributed by atoms with van der Waals surface area (Å²) in [6.07, 6.45) is 0.764. The number of nitrogens with zero attached hydrogens (tertiary/aromatic N) is 2. The van der Waals surface area contributed by atoms with Crippen LogP contribution in [0.15, 0.2) is 34.0 Å². The molecule has 0 N–H and O–H groups in total. The van der Waals surface area contributed by atoms with Crippen LogP contribution in [0.4, 0.5) is 0 Å². The molecule has 1 aromatic carbocycles. The second-order valence-electron chi connectivity index (χ2n) is 4.18. The minimum Gasteiger partial charge on any atom is -0.235 e. The number of benzene rings is 1. The minimum absolute atomic E-state index is 0.0711. The minimum atomic E-state index is -0.0711. The molecule has 1 heterocycles. The summed E-state index contributed by atoms with van der Waals surface area (Å²) >= 11 is 3.16. The fourth-order valence-electron chi connectivity index (χ4n) is 1.56. The van der Waals surface area contributed by atoms with Crippen molar-refractivity contribution < 1.29 is 0 Å². The van der Waals surface area contributed by atoms with Crippen molar-refractivity contribution in [2.45, 2.75) is 29.9 Å².